The Bertz CT molecular complexity index is 322. The molecule has 0 heterocycles. The number of nitrogens with one attached hydrogen (secondary N) is 1. The van der Waals surface area contributed by atoms with E-state index in [-0.39, 0.29) is 38.9 Å². The summed E-state index contributed by atoms with van der Waals surface area (Å²) in [6, 6.07) is 5.52. The zero-order chi connectivity index (χ0) is 13.0. The highest BCUT2D eigenvalue weighted by molar-refractivity contribution is 7.53. The van der Waals surface area contributed by atoms with E-state index in [1.807, 2.05) is 18.2 Å². The van der Waals surface area contributed by atoms with Gasteiger partial charge in [0.15, 0.2) is 0 Å². The molecule has 7 nitrogen and oxygen atoms in total. The average molecular weight is 256 g/mol. The SMILES string of the molecule is N#CCCOP(=O)(CNCC#N)OCCC#N. The van der Waals surface area contributed by atoms with Crippen LogP contribution in [0.2, 0.25) is 0 Å². The second-order valence-electron chi connectivity index (χ2n) is 2.84. The molecule has 0 radical (unpaired) electrons. The fourth-order valence-electron chi connectivity index (χ4n) is 0.838. The normalized spacial score (nSPS) is 10.2. The van der Waals surface area contributed by atoms with Gasteiger partial charge in [0.2, 0.25) is 0 Å². The largest absolute Gasteiger partial charge is 0.344 e. The van der Waals surface area contributed by atoms with Crippen molar-refractivity contribution in [2.75, 3.05) is 26.0 Å². The molecule has 0 saturated carbocycles. The summed E-state index contributed by atoms with van der Waals surface area (Å²) in [5, 5.41) is 27.6. The summed E-state index contributed by atoms with van der Waals surface area (Å²) in [5.41, 5.74) is 0. The van der Waals surface area contributed by atoms with Crippen molar-refractivity contribution in [2.24, 2.45) is 0 Å². The Hall–Kier alpha value is -1.42. The molecule has 0 aliphatic rings. The van der Waals surface area contributed by atoms with E-state index in [0.29, 0.717) is 0 Å². The van der Waals surface area contributed by atoms with Crippen LogP contribution in [-0.2, 0) is 13.6 Å². The molecule has 0 atom stereocenters. The Labute approximate surface area is 100 Å². The molecule has 0 aromatic heterocycles. The second kappa shape index (κ2) is 9.78. The number of rotatable bonds is 9. The molecular formula is C9H13N4O3P. The van der Waals surface area contributed by atoms with E-state index in [1.165, 1.54) is 0 Å². The van der Waals surface area contributed by atoms with Crippen molar-refractivity contribution >= 4 is 7.60 Å². The maximum Gasteiger partial charge on any atom is 0.344 e. The fourth-order valence-corrected chi connectivity index (χ4v) is 2.22. The molecule has 0 amide bonds. The predicted molar refractivity (Wildman–Crippen MR) is 58.5 cm³/mol. The van der Waals surface area contributed by atoms with E-state index in [1.54, 1.807) is 0 Å². The minimum absolute atomic E-state index is 0.00539. The number of nitrogens with zero attached hydrogens (tertiary/aromatic N) is 3. The fraction of sp³-hybridized carbons (Fsp3) is 0.667. The standard InChI is InChI=1S/C9H13N4O3P/c10-3-1-7-15-17(14,9-13-6-5-12)16-8-2-4-11/h13H,1-2,6-9H2. The first-order valence-electron chi connectivity index (χ1n) is 4.88. The monoisotopic (exact) mass is 256 g/mol. The Morgan fingerprint density at radius 2 is 1.53 bits per heavy atom. The number of hydrogen-bond donors (Lipinski definition) is 1. The first kappa shape index (κ1) is 15.6. The van der Waals surface area contributed by atoms with Crippen LogP contribution >= 0.6 is 7.60 Å². The third kappa shape index (κ3) is 8.39. The third-order valence-electron chi connectivity index (χ3n) is 1.51. The van der Waals surface area contributed by atoms with Crippen molar-refractivity contribution in [3.8, 4) is 18.2 Å². The number of hydrogen-bond acceptors (Lipinski definition) is 7. The number of nitriles is 3. The molecule has 0 spiro atoms. The van der Waals surface area contributed by atoms with E-state index in [0.717, 1.165) is 0 Å². The lowest BCUT2D eigenvalue weighted by atomic mass is 10.5. The second-order valence-corrected chi connectivity index (χ2v) is 4.89. The molecule has 8 heteroatoms. The molecule has 92 valence electrons. The summed E-state index contributed by atoms with van der Waals surface area (Å²) < 4.78 is 22.0. The highest BCUT2D eigenvalue weighted by Gasteiger charge is 2.23. The van der Waals surface area contributed by atoms with Gasteiger partial charge < -0.3 is 9.05 Å². The molecule has 17 heavy (non-hydrogen) atoms. The first-order valence-corrected chi connectivity index (χ1v) is 6.61. The lowest BCUT2D eigenvalue weighted by molar-refractivity contribution is 0.209. The molecule has 0 aliphatic heterocycles. The van der Waals surface area contributed by atoms with Crippen LogP contribution in [-0.4, -0.2) is 26.0 Å². The summed E-state index contributed by atoms with van der Waals surface area (Å²) in [6.07, 6.45) is 0.0884. The van der Waals surface area contributed by atoms with E-state index >= 15 is 0 Å². The topological polar surface area (TPSA) is 119 Å². The molecule has 0 rings (SSSR count). The van der Waals surface area contributed by atoms with E-state index in [4.69, 9.17) is 24.8 Å². The van der Waals surface area contributed by atoms with Crippen molar-refractivity contribution in [3.05, 3.63) is 0 Å². The quantitative estimate of drug-likeness (QED) is 0.372. The van der Waals surface area contributed by atoms with Crippen molar-refractivity contribution < 1.29 is 13.6 Å². The van der Waals surface area contributed by atoms with Crippen LogP contribution < -0.4 is 5.32 Å². The van der Waals surface area contributed by atoms with Crippen LogP contribution in [0.25, 0.3) is 0 Å². The van der Waals surface area contributed by atoms with Crippen LogP contribution in [0.15, 0.2) is 0 Å². The van der Waals surface area contributed by atoms with Gasteiger partial charge in [-0.2, -0.15) is 15.8 Å². The van der Waals surface area contributed by atoms with E-state index < -0.39 is 7.60 Å². The van der Waals surface area contributed by atoms with Crippen LogP contribution in [0.4, 0.5) is 0 Å². The van der Waals surface area contributed by atoms with Crippen molar-refractivity contribution in [1.29, 1.82) is 15.8 Å². The summed E-state index contributed by atoms with van der Waals surface area (Å²) in [5.74, 6) is 0. The maximum absolute atomic E-state index is 12.0. The zero-order valence-corrected chi connectivity index (χ0v) is 10.2. The smallest absolute Gasteiger partial charge is 0.307 e. The summed E-state index contributed by atoms with van der Waals surface area (Å²) in [4.78, 5) is 0. The van der Waals surface area contributed by atoms with Gasteiger partial charge >= 0.3 is 7.60 Å². The predicted octanol–water partition coefficient (Wildman–Crippen LogP) is 1.11. The molecule has 0 bridgehead atoms. The molecule has 0 saturated heterocycles. The zero-order valence-electron chi connectivity index (χ0n) is 9.26. The highest BCUT2D eigenvalue weighted by Crippen LogP contribution is 2.47. The lowest BCUT2D eigenvalue weighted by Crippen LogP contribution is -2.18. The Morgan fingerprint density at radius 1 is 1.00 bits per heavy atom. The molecule has 0 aromatic rings. The Balaban J connectivity index is 4.16. The molecule has 1 N–H and O–H groups in total. The van der Waals surface area contributed by atoms with E-state index in [2.05, 4.69) is 5.32 Å². The van der Waals surface area contributed by atoms with Gasteiger partial charge in [0.1, 0.15) is 0 Å². The van der Waals surface area contributed by atoms with Gasteiger partial charge in [0, 0.05) is 0 Å². The van der Waals surface area contributed by atoms with Crippen molar-refractivity contribution in [2.45, 2.75) is 12.8 Å². The van der Waals surface area contributed by atoms with Gasteiger partial charge in [0.25, 0.3) is 0 Å². The van der Waals surface area contributed by atoms with Crippen LogP contribution in [0, 0.1) is 34.0 Å². The molecule has 0 aromatic carbocycles. The van der Waals surface area contributed by atoms with Gasteiger partial charge in [0.05, 0.1) is 57.1 Å². The van der Waals surface area contributed by atoms with E-state index in [9.17, 15) is 4.57 Å². The summed E-state index contributed by atoms with van der Waals surface area (Å²) in [7, 11) is -3.37. The molecule has 0 unspecified atom stereocenters. The average Bonchev–Trinajstić information content (AvgIpc) is 2.30. The molecule has 0 aliphatic carbocycles. The maximum atomic E-state index is 12.0. The summed E-state index contributed by atoms with van der Waals surface area (Å²) >= 11 is 0. The Kier molecular flexibility index (Phi) is 8.96. The van der Waals surface area contributed by atoms with Gasteiger partial charge in [-0.15, -0.1) is 0 Å². The first-order chi connectivity index (χ1) is 8.18. The van der Waals surface area contributed by atoms with Crippen LogP contribution in [0.5, 0.6) is 0 Å². The van der Waals surface area contributed by atoms with Gasteiger partial charge in [-0.05, 0) is 0 Å². The van der Waals surface area contributed by atoms with Crippen molar-refractivity contribution in [1.82, 2.24) is 5.32 Å². The van der Waals surface area contributed by atoms with Gasteiger partial charge in [-0.1, -0.05) is 0 Å². The Morgan fingerprint density at radius 3 is 1.94 bits per heavy atom. The van der Waals surface area contributed by atoms with Gasteiger partial charge in [-0.3, -0.25) is 9.88 Å². The third-order valence-corrected chi connectivity index (χ3v) is 3.28. The summed E-state index contributed by atoms with van der Waals surface area (Å²) in [6.45, 7) is 0.0103. The highest BCUT2D eigenvalue weighted by atomic mass is 31.2. The van der Waals surface area contributed by atoms with Crippen LogP contribution in [0.1, 0.15) is 12.8 Å². The van der Waals surface area contributed by atoms with Crippen LogP contribution in [0.3, 0.4) is 0 Å². The minimum Gasteiger partial charge on any atom is -0.307 e. The lowest BCUT2D eigenvalue weighted by Gasteiger charge is -2.17. The molecular weight excluding hydrogens is 243 g/mol. The molecule has 0 fully saturated rings. The minimum atomic E-state index is -3.37. The van der Waals surface area contributed by atoms with Gasteiger partial charge in [-0.25, -0.2) is 0 Å². The van der Waals surface area contributed by atoms with Crippen molar-refractivity contribution in [3.63, 3.8) is 0 Å².